The number of para-hydroxylation sites is 1. The molecule has 1 aromatic heterocycles. The van der Waals surface area contributed by atoms with E-state index in [1.807, 2.05) is 11.6 Å². The largest absolute Gasteiger partial charge is 0.490 e. The summed E-state index contributed by atoms with van der Waals surface area (Å²) in [5.74, 6) is 1.40. The van der Waals surface area contributed by atoms with Gasteiger partial charge in [0.1, 0.15) is 5.82 Å². The van der Waals surface area contributed by atoms with Gasteiger partial charge in [-0.25, -0.2) is 12.8 Å². The highest BCUT2D eigenvalue weighted by Gasteiger charge is 2.32. The second-order valence-electron chi connectivity index (χ2n) is 5.63. The molecule has 1 atom stereocenters. The zero-order chi connectivity index (χ0) is 17.2. The van der Waals surface area contributed by atoms with Gasteiger partial charge in [-0.15, -0.1) is 10.2 Å². The lowest BCUT2D eigenvalue weighted by Crippen LogP contribution is -2.09. The number of halogens is 1. The molecule has 0 bridgehead atoms. The molecule has 9 heteroatoms. The highest BCUT2D eigenvalue weighted by Crippen LogP contribution is 2.29. The first-order chi connectivity index (χ1) is 11.5. The summed E-state index contributed by atoms with van der Waals surface area (Å²) in [6, 6.07) is 6.27. The van der Waals surface area contributed by atoms with Crippen molar-refractivity contribution in [2.75, 3.05) is 23.9 Å². The van der Waals surface area contributed by atoms with Crippen LogP contribution in [-0.4, -0.2) is 47.0 Å². The Kier molecular flexibility index (Phi) is 5.09. The van der Waals surface area contributed by atoms with Crippen molar-refractivity contribution in [1.29, 1.82) is 0 Å². The van der Waals surface area contributed by atoms with Crippen LogP contribution in [0.3, 0.4) is 0 Å². The summed E-state index contributed by atoms with van der Waals surface area (Å²) in [6.45, 7) is 0.339. The average Bonchev–Trinajstić information content (AvgIpc) is 3.08. The Bertz CT molecular complexity index is 823. The predicted octanol–water partition coefficient (Wildman–Crippen LogP) is 2.03. The van der Waals surface area contributed by atoms with Crippen LogP contribution in [0.15, 0.2) is 29.4 Å². The van der Waals surface area contributed by atoms with Gasteiger partial charge in [0.2, 0.25) is 0 Å². The summed E-state index contributed by atoms with van der Waals surface area (Å²) in [5, 5.41) is 8.96. The van der Waals surface area contributed by atoms with Crippen LogP contribution < -0.4 is 4.74 Å². The van der Waals surface area contributed by atoms with Gasteiger partial charge in [0, 0.05) is 18.7 Å². The van der Waals surface area contributed by atoms with Gasteiger partial charge in [-0.2, -0.15) is 0 Å². The minimum absolute atomic E-state index is 0.0866. The van der Waals surface area contributed by atoms with Crippen molar-refractivity contribution in [3.63, 3.8) is 0 Å². The van der Waals surface area contributed by atoms with Crippen LogP contribution in [0.1, 0.15) is 18.2 Å². The third-order valence-electron chi connectivity index (χ3n) is 3.87. The van der Waals surface area contributed by atoms with Crippen LogP contribution in [0.4, 0.5) is 4.39 Å². The number of aromatic nitrogens is 3. The highest BCUT2D eigenvalue weighted by atomic mass is 32.2. The molecule has 0 radical (unpaired) electrons. The minimum atomic E-state index is -2.95. The smallest absolute Gasteiger partial charge is 0.191 e. The number of rotatable bonds is 6. The van der Waals surface area contributed by atoms with Crippen LogP contribution in [-0.2, 0) is 16.9 Å². The summed E-state index contributed by atoms with van der Waals surface area (Å²) >= 11 is 1.44. The Morgan fingerprint density at radius 2 is 2.17 bits per heavy atom. The lowest BCUT2D eigenvalue weighted by atomic mass is 10.1. The van der Waals surface area contributed by atoms with Gasteiger partial charge in [0.05, 0.1) is 18.1 Å². The van der Waals surface area contributed by atoms with Crippen LogP contribution in [0.2, 0.25) is 0 Å². The molecule has 2 aromatic rings. The van der Waals surface area contributed by atoms with E-state index in [9.17, 15) is 12.8 Å². The average molecular weight is 371 g/mol. The first-order valence-corrected chi connectivity index (χ1v) is 10.4. The highest BCUT2D eigenvalue weighted by molar-refractivity contribution is 7.99. The number of hydrogen-bond acceptors (Lipinski definition) is 6. The van der Waals surface area contributed by atoms with E-state index in [1.54, 1.807) is 18.2 Å². The van der Waals surface area contributed by atoms with Crippen molar-refractivity contribution in [2.24, 2.45) is 7.05 Å². The molecule has 130 valence electrons. The van der Waals surface area contributed by atoms with Crippen molar-refractivity contribution in [2.45, 2.75) is 17.5 Å². The molecular weight excluding hydrogens is 353 g/mol. The Balaban J connectivity index is 1.54. The summed E-state index contributed by atoms with van der Waals surface area (Å²) in [4.78, 5) is 0. The SMILES string of the molecule is Cn1c(SCCOc2ccccc2F)nnc1[C@@H]1CCS(=O)(=O)C1. The molecule has 1 saturated heterocycles. The number of hydrogen-bond donors (Lipinski definition) is 0. The first-order valence-electron chi connectivity index (χ1n) is 7.56. The maximum atomic E-state index is 13.4. The van der Waals surface area contributed by atoms with Crippen LogP contribution in [0.5, 0.6) is 5.75 Å². The molecule has 0 saturated carbocycles. The fourth-order valence-corrected chi connectivity index (χ4v) is 5.13. The molecule has 1 aliphatic rings. The van der Waals surface area contributed by atoms with E-state index in [4.69, 9.17) is 4.74 Å². The van der Waals surface area contributed by atoms with Gasteiger partial charge in [-0.3, -0.25) is 0 Å². The summed E-state index contributed by atoms with van der Waals surface area (Å²) < 4.78 is 43.9. The van der Waals surface area contributed by atoms with E-state index in [2.05, 4.69) is 10.2 Å². The van der Waals surface area contributed by atoms with Gasteiger partial charge >= 0.3 is 0 Å². The van der Waals surface area contributed by atoms with Crippen molar-refractivity contribution in [3.8, 4) is 5.75 Å². The van der Waals surface area contributed by atoms with E-state index in [0.29, 0.717) is 29.8 Å². The molecule has 0 N–H and O–H groups in total. The maximum absolute atomic E-state index is 13.4. The lowest BCUT2D eigenvalue weighted by molar-refractivity contribution is 0.325. The lowest BCUT2D eigenvalue weighted by Gasteiger charge is -2.08. The molecule has 6 nitrogen and oxygen atoms in total. The Hall–Kier alpha value is -1.61. The molecule has 1 aromatic carbocycles. The Morgan fingerprint density at radius 3 is 2.88 bits per heavy atom. The quantitative estimate of drug-likeness (QED) is 0.571. The zero-order valence-corrected chi connectivity index (χ0v) is 14.8. The number of nitrogens with zero attached hydrogens (tertiary/aromatic N) is 3. The molecule has 0 aliphatic carbocycles. The molecule has 0 unspecified atom stereocenters. The monoisotopic (exact) mass is 371 g/mol. The summed E-state index contributed by atoms with van der Waals surface area (Å²) in [7, 11) is -1.12. The van der Waals surface area contributed by atoms with Crippen molar-refractivity contribution < 1.29 is 17.5 Å². The van der Waals surface area contributed by atoms with Gasteiger partial charge in [0.15, 0.2) is 26.6 Å². The number of thioether (sulfide) groups is 1. The topological polar surface area (TPSA) is 74.1 Å². The Labute approximate surface area is 144 Å². The third kappa shape index (κ3) is 3.89. The van der Waals surface area contributed by atoms with Crippen LogP contribution in [0.25, 0.3) is 0 Å². The fraction of sp³-hybridized carbons (Fsp3) is 0.467. The molecule has 0 amide bonds. The number of sulfone groups is 1. The Morgan fingerprint density at radius 1 is 1.38 bits per heavy atom. The molecule has 2 heterocycles. The molecule has 3 rings (SSSR count). The summed E-state index contributed by atoms with van der Waals surface area (Å²) in [5.41, 5.74) is 0. The van der Waals surface area contributed by atoms with Crippen LogP contribution in [0, 0.1) is 5.82 Å². The minimum Gasteiger partial charge on any atom is -0.490 e. The van der Waals surface area contributed by atoms with Crippen molar-refractivity contribution >= 4 is 21.6 Å². The second kappa shape index (κ2) is 7.10. The van der Waals surface area contributed by atoms with E-state index >= 15 is 0 Å². The van der Waals surface area contributed by atoms with E-state index < -0.39 is 9.84 Å². The standard InChI is InChI=1S/C15H18FN3O3S2/c1-19-14(11-6-9-24(20,21)10-11)17-18-15(19)23-8-7-22-13-5-3-2-4-12(13)16/h2-5,11H,6-10H2,1H3/t11-/m1/s1. The normalized spacial score (nSPS) is 19.5. The molecular formula is C15H18FN3O3S2. The maximum Gasteiger partial charge on any atom is 0.191 e. The molecule has 24 heavy (non-hydrogen) atoms. The second-order valence-corrected chi connectivity index (χ2v) is 8.92. The van der Waals surface area contributed by atoms with Gasteiger partial charge < -0.3 is 9.30 Å². The van der Waals surface area contributed by atoms with Crippen molar-refractivity contribution in [1.82, 2.24) is 14.8 Å². The van der Waals surface area contributed by atoms with E-state index in [-0.39, 0.29) is 29.0 Å². The van der Waals surface area contributed by atoms with E-state index in [1.165, 1.54) is 17.8 Å². The van der Waals surface area contributed by atoms with Crippen molar-refractivity contribution in [3.05, 3.63) is 35.9 Å². The predicted molar refractivity (Wildman–Crippen MR) is 89.6 cm³/mol. The molecule has 0 spiro atoms. The third-order valence-corrected chi connectivity index (χ3v) is 6.63. The van der Waals surface area contributed by atoms with E-state index in [0.717, 1.165) is 0 Å². The first kappa shape index (κ1) is 17.2. The van der Waals surface area contributed by atoms with Gasteiger partial charge in [-0.1, -0.05) is 23.9 Å². The van der Waals surface area contributed by atoms with Gasteiger partial charge in [0.25, 0.3) is 0 Å². The van der Waals surface area contributed by atoms with Crippen LogP contribution >= 0.6 is 11.8 Å². The zero-order valence-electron chi connectivity index (χ0n) is 13.2. The number of benzene rings is 1. The van der Waals surface area contributed by atoms with Gasteiger partial charge in [-0.05, 0) is 18.6 Å². The number of ether oxygens (including phenoxy) is 1. The molecule has 1 fully saturated rings. The fourth-order valence-electron chi connectivity index (χ4n) is 2.65. The molecule has 1 aliphatic heterocycles. The summed E-state index contributed by atoms with van der Waals surface area (Å²) in [6.07, 6.45) is 0.593.